The van der Waals surface area contributed by atoms with Crippen LogP contribution in [0, 0.1) is 13.8 Å². The zero-order valence-corrected chi connectivity index (χ0v) is 45.4. The second kappa shape index (κ2) is 25.1. The van der Waals surface area contributed by atoms with Crippen LogP contribution in [0.2, 0.25) is 10.0 Å². The summed E-state index contributed by atoms with van der Waals surface area (Å²) in [5.41, 5.74) is 7.96. The fourth-order valence-corrected chi connectivity index (χ4v) is 12.4. The van der Waals surface area contributed by atoms with E-state index in [0.717, 1.165) is 42.0 Å². The molecule has 66 heavy (non-hydrogen) atoms. The number of thioether (sulfide) groups is 2. The van der Waals surface area contributed by atoms with Crippen LogP contribution in [0.5, 0.6) is 0 Å². The first-order valence-corrected chi connectivity index (χ1v) is 24.8. The second-order valence-corrected chi connectivity index (χ2v) is 20.0. The zero-order valence-electron chi connectivity index (χ0n) is 36.3. The molecule has 0 bridgehead atoms. The lowest BCUT2D eigenvalue weighted by atomic mass is 10.0. The van der Waals surface area contributed by atoms with Crippen molar-refractivity contribution < 1.29 is 85.7 Å². The van der Waals surface area contributed by atoms with E-state index in [4.69, 9.17) is 32.7 Å². The molecule has 4 aromatic heterocycles. The molecule has 0 aliphatic carbocycles. The smallest absolute Gasteiger partial charge is 0.310 e. The quantitative estimate of drug-likeness (QED) is 0.0364. The van der Waals surface area contributed by atoms with Crippen molar-refractivity contribution in [2.75, 3.05) is 13.2 Å². The molecule has 0 fully saturated rings. The Kier molecular flexibility index (Phi) is 20.3. The highest BCUT2D eigenvalue weighted by molar-refractivity contribution is 8.01. The number of pyridine rings is 2. The van der Waals surface area contributed by atoms with Crippen molar-refractivity contribution in [3.63, 3.8) is 0 Å². The summed E-state index contributed by atoms with van der Waals surface area (Å²) >= 11 is 18.3. The van der Waals surface area contributed by atoms with Gasteiger partial charge in [-0.15, -0.1) is 46.2 Å². The molecule has 7 rings (SSSR count). The number of aryl methyl sites for hydroxylation is 2. The van der Waals surface area contributed by atoms with Crippen molar-refractivity contribution in [1.29, 1.82) is 0 Å². The number of esters is 2. The number of thiophene rings is 2. The standard InChI is InChI=1S/C50H44Cl2N2O6S4.2HI/c1-5-59-41(55)27-39-43(53-23-19-31(3)20-24-53)49(63-47(39)45(57)33-11-15-37(51)16-12-33)61-29-35-9-7-8-10-36(35)30-62-50-44(54-25-21-32(4)22-26-54)40(28-42(56)60-6-2)48(64-50)46(58)34-13-17-38(52)18-14-34;;/h7-26H,5-6,27-30H2,1-4H3;2*1H/q+2;;/p-2. The SMILES string of the molecule is CCOC(=O)Cc1c(C(=O)c2ccc(Cl)cc2)sc(SCc2ccccc2CSc2sc(C(=O)c3ccc(Cl)cc3)c(CC(=O)OCC)c2-[n+]2ccc(C)cc2)c1-[n+]1ccc(C)cc1.[I-].[I-]. The third kappa shape index (κ3) is 13.1. The number of hydrogen-bond donors (Lipinski definition) is 0. The molecule has 0 atom stereocenters. The predicted molar refractivity (Wildman–Crippen MR) is 257 cm³/mol. The third-order valence-corrected chi connectivity index (χ3v) is 15.7. The van der Waals surface area contributed by atoms with Crippen molar-refractivity contribution in [2.24, 2.45) is 0 Å². The lowest BCUT2D eigenvalue weighted by molar-refractivity contribution is -0.598. The largest absolute Gasteiger partial charge is 1.00 e. The molecular formula is C50H44Cl2I2N2O6S4. The van der Waals surface area contributed by atoms with Crippen molar-refractivity contribution in [3.05, 3.63) is 186 Å². The van der Waals surface area contributed by atoms with Gasteiger partial charge in [-0.3, -0.25) is 19.2 Å². The fourth-order valence-electron chi connectivity index (χ4n) is 6.88. The Balaban J connectivity index is 0.00000408. The van der Waals surface area contributed by atoms with Crippen molar-refractivity contribution >= 4 is 92.9 Å². The van der Waals surface area contributed by atoms with Crippen LogP contribution in [0.3, 0.4) is 0 Å². The number of ether oxygens (including phenoxy) is 2. The number of rotatable bonds is 18. The van der Waals surface area contributed by atoms with Crippen LogP contribution >= 0.6 is 69.4 Å². The summed E-state index contributed by atoms with van der Waals surface area (Å²) in [6, 6.07) is 29.7. The zero-order chi connectivity index (χ0) is 45.3. The van der Waals surface area contributed by atoms with E-state index in [1.165, 1.54) is 22.7 Å². The van der Waals surface area contributed by atoms with Crippen LogP contribution < -0.4 is 57.1 Å². The van der Waals surface area contributed by atoms with Gasteiger partial charge in [0.15, 0.2) is 24.8 Å². The first kappa shape index (κ1) is 53.3. The molecule has 0 amide bonds. The van der Waals surface area contributed by atoms with Crippen LogP contribution in [-0.4, -0.2) is 36.7 Å². The van der Waals surface area contributed by atoms with Crippen LogP contribution in [0.4, 0.5) is 0 Å². The van der Waals surface area contributed by atoms with Crippen molar-refractivity contribution in [2.45, 2.75) is 60.5 Å². The fraction of sp³-hybridized carbons (Fsp3) is 0.200. The van der Waals surface area contributed by atoms with Gasteiger partial charge in [0, 0.05) is 56.9 Å². The number of halogens is 4. The van der Waals surface area contributed by atoms with Crippen molar-refractivity contribution in [1.82, 2.24) is 0 Å². The third-order valence-electron chi connectivity index (χ3n) is 10.1. The van der Waals surface area contributed by atoms with Gasteiger partial charge < -0.3 is 57.4 Å². The normalized spacial score (nSPS) is 10.8. The minimum Gasteiger partial charge on any atom is -1.00 e. The lowest BCUT2D eigenvalue weighted by Gasteiger charge is -2.09. The minimum atomic E-state index is -0.418. The molecule has 0 spiro atoms. The number of ketones is 2. The van der Waals surface area contributed by atoms with Crippen LogP contribution in [0.1, 0.15) is 77.7 Å². The summed E-state index contributed by atoms with van der Waals surface area (Å²) in [5.74, 6) is -0.122. The van der Waals surface area contributed by atoms with Crippen molar-refractivity contribution in [3.8, 4) is 11.4 Å². The number of benzene rings is 3. The average molecular weight is 1220 g/mol. The lowest BCUT2D eigenvalue weighted by Crippen LogP contribution is -3.00. The molecule has 0 unspecified atom stereocenters. The van der Waals surface area contributed by atoms with Crippen LogP contribution in [0.15, 0.2) is 130 Å². The molecule has 16 heteroatoms. The van der Waals surface area contributed by atoms with E-state index in [-0.39, 0.29) is 85.6 Å². The van der Waals surface area contributed by atoms with Gasteiger partial charge in [0.2, 0.25) is 22.9 Å². The molecular weight excluding hydrogens is 1180 g/mol. The Morgan fingerprint density at radius 3 is 1.23 bits per heavy atom. The summed E-state index contributed by atoms with van der Waals surface area (Å²) in [4.78, 5) is 55.8. The monoisotopic (exact) mass is 1220 g/mol. The molecule has 7 aromatic rings. The van der Waals surface area contributed by atoms with Crippen LogP contribution in [-0.2, 0) is 43.4 Å². The molecule has 0 aliphatic heterocycles. The van der Waals surface area contributed by atoms with E-state index < -0.39 is 11.9 Å². The summed E-state index contributed by atoms with van der Waals surface area (Å²) in [6.45, 7) is 7.99. The van der Waals surface area contributed by atoms with Gasteiger partial charge in [0.1, 0.15) is 8.42 Å². The first-order chi connectivity index (χ1) is 30.9. The van der Waals surface area contributed by atoms with Gasteiger partial charge in [-0.05, 0) is 98.5 Å². The molecule has 3 aromatic carbocycles. The maximum absolute atomic E-state index is 14.3. The van der Waals surface area contributed by atoms with Crippen LogP contribution in [0.25, 0.3) is 11.4 Å². The molecule has 0 saturated carbocycles. The molecule has 342 valence electrons. The summed E-state index contributed by atoms with van der Waals surface area (Å²) in [7, 11) is 0. The minimum absolute atomic E-state index is 0. The number of carbonyl (C=O) groups excluding carboxylic acids is 4. The molecule has 0 N–H and O–H groups in total. The van der Waals surface area contributed by atoms with E-state index in [0.29, 0.717) is 53.6 Å². The Morgan fingerprint density at radius 2 is 0.894 bits per heavy atom. The first-order valence-electron chi connectivity index (χ1n) is 20.5. The van der Waals surface area contributed by atoms with Gasteiger partial charge in [-0.25, -0.2) is 0 Å². The van der Waals surface area contributed by atoms with E-state index in [9.17, 15) is 19.2 Å². The summed E-state index contributed by atoms with van der Waals surface area (Å²) in [6.07, 6.45) is 7.64. The summed E-state index contributed by atoms with van der Waals surface area (Å²) in [5, 5.41) is 1.04. The highest BCUT2D eigenvalue weighted by Crippen LogP contribution is 2.43. The highest BCUT2D eigenvalue weighted by atomic mass is 127. The number of nitrogens with zero attached hydrogens (tertiary/aromatic N) is 2. The van der Waals surface area contributed by atoms with Gasteiger partial charge in [0.25, 0.3) is 0 Å². The van der Waals surface area contributed by atoms with Gasteiger partial charge >= 0.3 is 11.9 Å². The highest BCUT2D eigenvalue weighted by Gasteiger charge is 2.34. The molecule has 8 nitrogen and oxygen atoms in total. The number of hydrogen-bond acceptors (Lipinski definition) is 10. The van der Waals surface area contributed by atoms with Gasteiger partial charge in [-0.2, -0.15) is 9.13 Å². The Hall–Kier alpha value is -3.62. The van der Waals surface area contributed by atoms with E-state index >= 15 is 0 Å². The summed E-state index contributed by atoms with van der Waals surface area (Å²) < 4.78 is 16.5. The van der Waals surface area contributed by atoms with E-state index in [1.54, 1.807) is 85.9 Å². The van der Waals surface area contributed by atoms with E-state index in [1.807, 2.05) is 84.2 Å². The Bertz CT molecular complexity index is 2630. The Labute approximate surface area is 445 Å². The maximum Gasteiger partial charge on any atom is 0.310 e. The number of aromatic nitrogens is 2. The second-order valence-electron chi connectivity index (χ2n) is 14.6. The van der Waals surface area contributed by atoms with Gasteiger partial charge in [-0.1, -0.05) is 47.5 Å². The predicted octanol–water partition coefficient (Wildman–Crippen LogP) is 5.55. The molecule has 0 aliphatic rings. The van der Waals surface area contributed by atoms with Gasteiger partial charge in [0.05, 0.1) is 46.9 Å². The maximum atomic E-state index is 14.3. The topological polar surface area (TPSA) is 94.5 Å². The number of carbonyl (C=O) groups is 4. The molecule has 0 radical (unpaired) electrons. The Morgan fingerprint density at radius 1 is 0.545 bits per heavy atom. The average Bonchev–Trinajstić information content (AvgIpc) is 3.83. The molecule has 4 heterocycles. The molecule has 0 saturated heterocycles. The van der Waals surface area contributed by atoms with E-state index in [2.05, 4.69) is 12.1 Å².